The van der Waals surface area contributed by atoms with Gasteiger partial charge < -0.3 is 5.32 Å². The van der Waals surface area contributed by atoms with Gasteiger partial charge in [-0.3, -0.25) is 4.90 Å². The summed E-state index contributed by atoms with van der Waals surface area (Å²) in [6.07, 6.45) is 14.6. The fourth-order valence-corrected chi connectivity index (χ4v) is 3.12. The largest absolute Gasteiger partial charge is 0.312 e. The molecule has 1 fully saturated rings. The van der Waals surface area contributed by atoms with E-state index >= 15 is 0 Å². The van der Waals surface area contributed by atoms with Gasteiger partial charge in [0.05, 0.1) is 0 Å². The van der Waals surface area contributed by atoms with Gasteiger partial charge >= 0.3 is 0 Å². The highest BCUT2D eigenvalue weighted by molar-refractivity contribution is 5.02. The maximum absolute atomic E-state index is 3.90. The number of nitrogens with one attached hydrogen (secondary N) is 1. The van der Waals surface area contributed by atoms with Crippen LogP contribution in [0.25, 0.3) is 0 Å². The second kappa shape index (κ2) is 13.6. The normalized spacial score (nSPS) is 15.6. The molecule has 1 saturated carbocycles. The third-order valence-corrected chi connectivity index (χ3v) is 4.47. The van der Waals surface area contributed by atoms with E-state index in [0.717, 1.165) is 32.2 Å². The van der Waals surface area contributed by atoms with Crippen LogP contribution >= 0.6 is 0 Å². The molecular formula is C21H40N2. The van der Waals surface area contributed by atoms with Gasteiger partial charge in [-0.25, -0.2) is 0 Å². The predicted molar refractivity (Wildman–Crippen MR) is 106 cm³/mol. The lowest BCUT2D eigenvalue weighted by molar-refractivity contribution is 0.221. The van der Waals surface area contributed by atoms with E-state index in [2.05, 4.69) is 49.7 Å². The van der Waals surface area contributed by atoms with Crippen LogP contribution in [0.4, 0.5) is 0 Å². The Hall–Kier alpha value is -0.860. The molecule has 1 N–H and O–H groups in total. The van der Waals surface area contributed by atoms with Crippen molar-refractivity contribution in [1.29, 1.82) is 0 Å². The average Bonchev–Trinajstić information content (AvgIpc) is 2.99. The van der Waals surface area contributed by atoms with Gasteiger partial charge in [0, 0.05) is 32.2 Å². The van der Waals surface area contributed by atoms with E-state index in [0.29, 0.717) is 0 Å². The minimum atomic E-state index is 0. The smallest absolute Gasteiger partial charge is 0.0164 e. The van der Waals surface area contributed by atoms with Crippen molar-refractivity contribution in [2.45, 2.75) is 72.8 Å². The molecule has 0 bridgehead atoms. The lowest BCUT2D eigenvalue weighted by atomic mass is 10.1. The zero-order chi connectivity index (χ0) is 16.2. The van der Waals surface area contributed by atoms with Gasteiger partial charge in [0.15, 0.2) is 0 Å². The van der Waals surface area contributed by atoms with Crippen LogP contribution in [-0.2, 0) is 0 Å². The highest BCUT2D eigenvalue weighted by Crippen LogP contribution is 2.22. The summed E-state index contributed by atoms with van der Waals surface area (Å²) < 4.78 is 0. The number of rotatable bonds is 11. The molecule has 1 rings (SSSR count). The number of hydrogen-bond donors (Lipinski definition) is 1. The minimum absolute atomic E-state index is 0. The van der Waals surface area contributed by atoms with Crippen LogP contribution in [0.2, 0.25) is 0 Å². The number of hydrogen-bond acceptors (Lipinski definition) is 2. The van der Waals surface area contributed by atoms with Crippen molar-refractivity contribution in [2.24, 2.45) is 0 Å². The zero-order valence-corrected chi connectivity index (χ0v) is 15.0. The topological polar surface area (TPSA) is 15.3 Å². The average molecular weight is 321 g/mol. The summed E-state index contributed by atoms with van der Waals surface area (Å²) in [5.74, 6) is 0. The highest BCUT2D eigenvalue weighted by atomic mass is 15.2. The van der Waals surface area contributed by atoms with Crippen LogP contribution in [0.5, 0.6) is 0 Å². The fourth-order valence-electron chi connectivity index (χ4n) is 3.12. The Bertz CT molecular complexity index is 358. The summed E-state index contributed by atoms with van der Waals surface area (Å²) in [5, 5.41) is 3.56. The quantitative estimate of drug-likeness (QED) is 0.408. The van der Waals surface area contributed by atoms with Gasteiger partial charge in [-0.1, -0.05) is 49.6 Å². The Kier molecular flexibility index (Phi) is 13.1. The first-order valence-corrected chi connectivity index (χ1v) is 8.98. The van der Waals surface area contributed by atoms with E-state index in [9.17, 15) is 0 Å². The number of nitrogens with zero attached hydrogens (tertiary/aromatic N) is 1. The number of allylic oxidation sites excluding steroid dienone is 3. The minimum Gasteiger partial charge on any atom is -0.312 e. The third-order valence-electron chi connectivity index (χ3n) is 4.47. The molecule has 1 aliphatic rings. The molecule has 0 aromatic rings. The molecular weight excluding hydrogens is 280 g/mol. The Balaban J connectivity index is 0.00000484. The predicted octanol–water partition coefficient (Wildman–Crippen LogP) is 5.34. The van der Waals surface area contributed by atoms with Crippen molar-refractivity contribution < 1.29 is 0 Å². The molecule has 2 nitrogen and oxygen atoms in total. The van der Waals surface area contributed by atoms with Crippen molar-refractivity contribution in [3.05, 3.63) is 36.0 Å². The van der Waals surface area contributed by atoms with Gasteiger partial charge in [-0.05, 0) is 46.5 Å². The van der Waals surface area contributed by atoms with E-state index in [1.807, 2.05) is 6.08 Å². The van der Waals surface area contributed by atoms with Gasteiger partial charge in [0.2, 0.25) is 0 Å². The summed E-state index contributed by atoms with van der Waals surface area (Å²) >= 11 is 0. The molecule has 0 aliphatic heterocycles. The first-order chi connectivity index (χ1) is 10.6. The van der Waals surface area contributed by atoms with Gasteiger partial charge in [0.25, 0.3) is 0 Å². The van der Waals surface area contributed by atoms with Crippen LogP contribution in [0, 0.1) is 0 Å². The van der Waals surface area contributed by atoms with Crippen LogP contribution in [0.3, 0.4) is 0 Å². The first-order valence-electron chi connectivity index (χ1n) is 8.98. The molecule has 23 heavy (non-hydrogen) atoms. The van der Waals surface area contributed by atoms with Gasteiger partial charge in [0.1, 0.15) is 0 Å². The second-order valence-electron chi connectivity index (χ2n) is 6.80. The molecule has 0 aromatic heterocycles. The van der Waals surface area contributed by atoms with Gasteiger partial charge in [-0.2, -0.15) is 0 Å². The van der Waals surface area contributed by atoms with Crippen molar-refractivity contribution >= 4 is 0 Å². The SMILES string of the molecule is C.C=CCN(CCNC/C=C(\C)CCC=C(C)C)C1CCCC1. The Morgan fingerprint density at radius 3 is 2.48 bits per heavy atom. The van der Waals surface area contributed by atoms with Crippen LogP contribution in [0.15, 0.2) is 36.0 Å². The van der Waals surface area contributed by atoms with Crippen molar-refractivity contribution in [2.75, 3.05) is 26.2 Å². The summed E-state index contributed by atoms with van der Waals surface area (Å²) in [6, 6.07) is 0.793. The molecule has 2 heteroatoms. The summed E-state index contributed by atoms with van der Waals surface area (Å²) in [5.41, 5.74) is 2.91. The Morgan fingerprint density at radius 2 is 1.87 bits per heavy atom. The standard InChI is InChI=1S/C20H36N2.CH4/c1-5-16-22(20-11-6-7-12-20)17-15-21-14-13-19(4)10-8-9-18(2)3;/h5,9,13,20-21H,1,6-8,10-12,14-17H2,2-4H3;1H4/b19-13+;. The molecule has 0 heterocycles. The third kappa shape index (κ3) is 10.5. The van der Waals surface area contributed by atoms with Crippen molar-refractivity contribution in [3.8, 4) is 0 Å². The van der Waals surface area contributed by atoms with E-state index in [1.165, 1.54) is 49.7 Å². The maximum Gasteiger partial charge on any atom is 0.0164 e. The Morgan fingerprint density at radius 1 is 1.17 bits per heavy atom. The molecule has 0 aromatic carbocycles. The van der Waals surface area contributed by atoms with E-state index in [-0.39, 0.29) is 7.43 Å². The molecule has 0 radical (unpaired) electrons. The molecule has 0 unspecified atom stereocenters. The zero-order valence-electron chi connectivity index (χ0n) is 15.0. The highest BCUT2D eigenvalue weighted by Gasteiger charge is 2.20. The lowest BCUT2D eigenvalue weighted by Crippen LogP contribution is -2.38. The van der Waals surface area contributed by atoms with Crippen LogP contribution in [-0.4, -0.2) is 37.1 Å². The molecule has 0 spiro atoms. The van der Waals surface area contributed by atoms with Crippen molar-refractivity contribution in [3.63, 3.8) is 0 Å². The Labute approximate surface area is 145 Å². The molecule has 0 amide bonds. The lowest BCUT2D eigenvalue weighted by Gasteiger charge is -2.27. The van der Waals surface area contributed by atoms with Crippen LogP contribution < -0.4 is 5.32 Å². The van der Waals surface area contributed by atoms with Crippen LogP contribution in [0.1, 0.15) is 66.7 Å². The van der Waals surface area contributed by atoms with Gasteiger partial charge in [-0.15, -0.1) is 6.58 Å². The summed E-state index contributed by atoms with van der Waals surface area (Å²) in [7, 11) is 0. The molecule has 134 valence electrons. The van der Waals surface area contributed by atoms with Crippen molar-refractivity contribution in [1.82, 2.24) is 10.2 Å². The second-order valence-corrected chi connectivity index (χ2v) is 6.80. The molecule has 0 saturated heterocycles. The van der Waals surface area contributed by atoms with E-state index < -0.39 is 0 Å². The monoisotopic (exact) mass is 320 g/mol. The molecule has 1 aliphatic carbocycles. The maximum atomic E-state index is 3.90. The van der Waals surface area contributed by atoms with E-state index in [1.54, 1.807) is 0 Å². The fraction of sp³-hybridized carbons (Fsp3) is 0.714. The first kappa shape index (κ1) is 22.1. The van der Waals surface area contributed by atoms with E-state index in [4.69, 9.17) is 0 Å². The molecule has 0 atom stereocenters. The summed E-state index contributed by atoms with van der Waals surface area (Å²) in [4.78, 5) is 2.60. The summed E-state index contributed by atoms with van der Waals surface area (Å²) in [6.45, 7) is 14.7.